The number of fused-ring (bicyclic) bond motifs is 1. The Morgan fingerprint density at radius 1 is 1.07 bits per heavy atom. The molecule has 1 aromatic heterocycles. The van der Waals surface area contributed by atoms with Crippen molar-refractivity contribution >= 4 is 21.6 Å². The van der Waals surface area contributed by atoms with E-state index >= 15 is 0 Å². The van der Waals surface area contributed by atoms with Crippen molar-refractivity contribution in [1.82, 2.24) is 4.37 Å². The lowest BCUT2D eigenvalue weighted by Crippen LogP contribution is -1.98. The van der Waals surface area contributed by atoms with E-state index in [2.05, 4.69) is 44.2 Å². The second-order valence-corrected chi connectivity index (χ2v) is 5.42. The quantitative estimate of drug-likeness (QED) is 0.722. The summed E-state index contributed by atoms with van der Waals surface area (Å²) in [6.45, 7) is 9.04. The minimum atomic E-state index is 0.576. The zero-order chi connectivity index (χ0) is 11.0. The van der Waals surface area contributed by atoms with Crippen molar-refractivity contribution in [3.63, 3.8) is 0 Å². The van der Waals surface area contributed by atoms with Crippen LogP contribution in [0.4, 0.5) is 0 Å². The predicted molar refractivity (Wildman–Crippen MR) is 67.8 cm³/mol. The van der Waals surface area contributed by atoms with E-state index in [4.69, 9.17) is 0 Å². The highest BCUT2D eigenvalue weighted by atomic mass is 32.1. The monoisotopic (exact) mass is 219 g/mol. The van der Waals surface area contributed by atoms with Crippen LogP contribution in [0, 0.1) is 0 Å². The fraction of sp³-hybridized carbons (Fsp3) is 0.462. The first kappa shape index (κ1) is 10.6. The highest BCUT2D eigenvalue weighted by Gasteiger charge is 2.14. The summed E-state index contributed by atoms with van der Waals surface area (Å²) < 4.78 is 5.66. The van der Waals surface area contributed by atoms with Crippen LogP contribution in [-0.2, 0) is 0 Å². The van der Waals surface area contributed by atoms with Gasteiger partial charge >= 0.3 is 0 Å². The van der Waals surface area contributed by atoms with Crippen LogP contribution < -0.4 is 0 Å². The van der Waals surface area contributed by atoms with Crippen LogP contribution >= 0.6 is 11.5 Å². The summed E-state index contributed by atoms with van der Waals surface area (Å²) in [6.07, 6.45) is 1.97. The molecule has 0 spiro atoms. The third kappa shape index (κ3) is 1.78. The standard InChI is InChI=1S/C13H17NS/c1-8(2)11-6-5-10-7-14-15-13(10)12(11)9(3)4/h5-9H,1-4H3. The molecule has 0 fully saturated rings. The van der Waals surface area contributed by atoms with Gasteiger partial charge in [0.2, 0.25) is 0 Å². The van der Waals surface area contributed by atoms with Gasteiger partial charge in [-0.3, -0.25) is 0 Å². The highest BCUT2D eigenvalue weighted by Crippen LogP contribution is 2.34. The number of hydrogen-bond acceptors (Lipinski definition) is 2. The number of benzene rings is 1. The van der Waals surface area contributed by atoms with E-state index in [1.807, 2.05) is 6.20 Å². The van der Waals surface area contributed by atoms with Gasteiger partial charge in [0.15, 0.2) is 0 Å². The van der Waals surface area contributed by atoms with Crippen molar-refractivity contribution in [2.75, 3.05) is 0 Å². The third-order valence-electron chi connectivity index (χ3n) is 2.80. The molecule has 0 unspecified atom stereocenters. The molecule has 1 aromatic carbocycles. The Bertz CT molecular complexity index is 468. The predicted octanol–water partition coefficient (Wildman–Crippen LogP) is 4.54. The Balaban J connectivity index is 2.75. The molecule has 0 aliphatic heterocycles. The molecule has 80 valence electrons. The molecule has 0 N–H and O–H groups in total. The number of nitrogens with zero attached hydrogens (tertiary/aromatic N) is 1. The Hall–Kier alpha value is -0.890. The van der Waals surface area contributed by atoms with Crippen LogP contribution in [0.15, 0.2) is 18.3 Å². The zero-order valence-electron chi connectivity index (χ0n) is 9.74. The average molecular weight is 219 g/mol. The first-order chi connectivity index (χ1) is 7.11. The Kier molecular flexibility index (Phi) is 2.79. The maximum atomic E-state index is 4.29. The van der Waals surface area contributed by atoms with Gasteiger partial charge in [-0.25, -0.2) is 0 Å². The molecule has 0 atom stereocenters. The lowest BCUT2D eigenvalue weighted by atomic mass is 9.90. The molecular weight excluding hydrogens is 202 g/mol. The van der Waals surface area contributed by atoms with Gasteiger partial charge in [0, 0.05) is 11.6 Å². The molecule has 1 nitrogen and oxygen atoms in total. The maximum Gasteiger partial charge on any atom is 0.0587 e. The van der Waals surface area contributed by atoms with E-state index in [9.17, 15) is 0 Å². The SMILES string of the molecule is CC(C)c1ccc2cnsc2c1C(C)C. The normalized spacial score (nSPS) is 11.9. The molecular formula is C13H17NS. The summed E-state index contributed by atoms with van der Waals surface area (Å²) in [5.74, 6) is 1.17. The second-order valence-electron chi connectivity index (χ2n) is 4.62. The maximum absolute atomic E-state index is 4.29. The Morgan fingerprint density at radius 2 is 1.80 bits per heavy atom. The minimum absolute atomic E-state index is 0.576. The van der Waals surface area contributed by atoms with Gasteiger partial charge in [0.1, 0.15) is 0 Å². The van der Waals surface area contributed by atoms with Crippen molar-refractivity contribution in [3.8, 4) is 0 Å². The molecule has 2 rings (SSSR count). The number of aromatic nitrogens is 1. The van der Waals surface area contributed by atoms with E-state index in [-0.39, 0.29) is 0 Å². The second kappa shape index (κ2) is 3.93. The first-order valence-corrected chi connectivity index (χ1v) is 6.25. The molecule has 0 aliphatic rings. The van der Waals surface area contributed by atoms with Crippen LogP contribution in [0.5, 0.6) is 0 Å². The topological polar surface area (TPSA) is 12.9 Å². The van der Waals surface area contributed by atoms with Gasteiger partial charge in [0.25, 0.3) is 0 Å². The molecule has 0 radical (unpaired) electrons. The molecule has 2 heteroatoms. The summed E-state index contributed by atoms with van der Waals surface area (Å²) >= 11 is 1.62. The van der Waals surface area contributed by atoms with Gasteiger partial charge in [0.05, 0.1) is 4.70 Å². The highest BCUT2D eigenvalue weighted by molar-refractivity contribution is 7.13. The van der Waals surface area contributed by atoms with Crippen LogP contribution in [0.25, 0.3) is 10.1 Å². The van der Waals surface area contributed by atoms with Gasteiger partial charge < -0.3 is 0 Å². The van der Waals surface area contributed by atoms with Crippen LogP contribution in [0.1, 0.15) is 50.7 Å². The van der Waals surface area contributed by atoms with Gasteiger partial charge in [-0.15, -0.1) is 0 Å². The summed E-state index contributed by atoms with van der Waals surface area (Å²) in [6, 6.07) is 4.46. The molecule has 0 aliphatic carbocycles. The van der Waals surface area contributed by atoms with Crippen molar-refractivity contribution in [3.05, 3.63) is 29.5 Å². The number of rotatable bonds is 2. The van der Waals surface area contributed by atoms with Crippen molar-refractivity contribution in [1.29, 1.82) is 0 Å². The van der Waals surface area contributed by atoms with Crippen LogP contribution in [-0.4, -0.2) is 4.37 Å². The van der Waals surface area contributed by atoms with E-state index in [1.54, 1.807) is 11.5 Å². The minimum Gasteiger partial charge on any atom is -0.200 e. The fourth-order valence-corrected chi connectivity index (χ4v) is 3.02. The van der Waals surface area contributed by atoms with Crippen LogP contribution in [0.2, 0.25) is 0 Å². The zero-order valence-corrected chi connectivity index (χ0v) is 10.6. The van der Waals surface area contributed by atoms with Gasteiger partial charge in [-0.05, 0) is 34.5 Å². The van der Waals surface area contributed by atoms with Crippen LogP contribution in [0.3, 0.4) is 0 Å². The van der Waals surface area contributed by atoms with E-state index < -0.39 is 0 Å². The molecule has 2 aromatic rings. The number of hydrogen-bond donors (Lipinski definition) is 0. The van der Waals surface area contributed by atoms with Gasteiger partial charge in [-0.2, -0.15) is 4.37 Å². The first-order valence-electron chi connectivity index (χ1n) is 5.48. The van der Waals surface area contributed by atoms with Crippen molar-refractivity contribution in [2.24, 2.45) is 0 Å². The summed E-state index contributed by atoms with van der Waals surface area (Å²) in [5, 5.41) is 1.29. The van der Waals surface area contributed by atoms with Crippen molar-refractivity contribution in [2.45, 2.75) is 39.5 Å². The van der Waals surface area contributed by atoms with Crippen molar-refractivity contribution < 1.29 is 0 Å². The van der Waals surface area contributed by atoms with E-state index in [0.29, 0.717) is 11.8 Å². The van der Waals surface area contributed by atoms with E-state index in [1.165, 1.54) is 21.2 Å². The fourth-order valence-electron chi connectivity index (χ4n) is 2.07. The summed E-state index contributed by atoms with van der Waals surface area (Å²) in [4.78, 5) is 0. The lowest BCUT2D eigenvalue weighted by Gasteiger charge is -2.16. The average Bonchev–Trinajstić information content (AvgIpc) is 2.62. The molecule has 0 saturated heterocycles. The Labute approximate surface area is 95.3 Å². The molecule has 0 bridgehead atoms. The Morgan fingerprint density at radius 3 is 2.40 bits per heavy atom. The summed E-state index contributed by atoms with van der Waals surface area (Å²) in [7, 11) is 0. The van der Waals surface area contributed by atoms with Gasteiger partial charge in [-0.1, -0.05) is 39.8 Å². The third-order valence-corrected chi connectivity index (χ3v) is 3.64. The molecule has 1 heterocycles. The molecule has 15 heavy (non-hydrogen) atoms. The smallest absolute Gasteiger partial charge is 0.0587 e. The molecule has 0 saturated carbocycles. The summed E-state index contributed by atoms with van der Waals surface area (Å²) in [5.41, 5.74) is 2.96. The lowest BCUT2D eigenvalue weighted by molar-refractivity contribution is 0.799. The molecule has 0 amide bonds. The van der Waals surface area contributed by atoms with E-state index in [0.717, 1.165) is 0 Å². The largest absolute Gasteiger partial charge is 0.200 e.